The fourth-order valence-electron chi connectivity index (χ4n) is 1.76. The molecule has 1 aromatic carbocycles. The van der Waals surface area contributed by atoms with Gasteiger partial charge in [-0.05, 0) is 26.0 Å². The third kappa shape index (κ3) is 2.11. The number of hydrogen-bond donors (Lipinski definition) is 1. The third-order valence-electron chi connectivity index (χ3n) is 2.62. The molecule has 0 aliphatic rings. The summed E-state index contributed by atoms with van der Waals surface area (Å²) in [5.74, 6) is 1.58. The Kier molecular flexibility index (Phi) is 3.04. The molecule has 90 valence electrons. The SMILES string of the molecule is CNc1nc(-c2cc(C)ccc2OC)c(C)o1. The number of nitrogens with zero attached hydrogens (tertiary/aromatic N) is 1. The average molecular weight is 232 g/mol. The van der Waals surface area contributed by atoms with E-state index in [4.69, 9.17) is 9.15 Å². The Bertz CT molecular complexity index is 532. The fourth-order valence-corrected chi connectivity index (χ4v) is 1.76. The van der Waals surface area contributed by atoms with Crippen LogP contribution < -0.4 is 10.1 Å². The number of oxazole rings is 1. The number of ether oxygens (including phenoxy) is 1. The zero-order valence-electron chi connectivity index (χ0n) is 10.5. The van der Waals surface area contributed by atoms with Crippen molar-refractivity contribution in [3.63, 3.8) is 0 Å². The first-order valence-corrected chi connectivity index (χ1v) is 5.46. The summed E-state index contributed by atoms with van der Waals surface area (Å²) in [7, 11) is 3.44. The second kappa shape index (κ2) is 4.49. The zero-order valence-corrected chi connectivity index (χ0v) is 10.5. The van der Waals surface area contributed by atoms with E-state index in [1.807, 2.05) is 32.0 Å². The van der Waals surface area contributed by atoms with Gasteiger partial charge in [-0.1, -0.05) is 11.6 Å². The number of hydrogen-bond acceptors (Lipinski definition) is 4. The smallest absolute Gasteiger partial charge is 0.295 e. The monoisotopic (exact) mass is 232 g/mol. The molecule has 0 bridgehead atoms. The van der Waals surface area contributed by atoms with Gasteiger partial charge in [0.1, 0.15) is 17.2 Å². The molecular weight excluding hydrogens is 216 g/mol. The van der Waals surface area contributed by atoms with Crippen molar-refractivity contribution in [1.29, 1.82) is 0 Å². The van der Waals surface area contributed by atoms with E-state index in [1.165, 1.54) is 0 Å². The summed E-state index contributed by atoms with van der Waals surface area (Å²) in [5.41, 5.74) is 2.93. The Balaban J connectivity index is 2.58. The van der Waals surface area contributed by atoms with Crippen molar-refractivity contribution < 1.29 is 9.15 Å². The van der Waals surface area contributed by atoms with Crippen LogP contribution >= 0.6 is 0 Å². The number of methoxy groups -OCH3 is 1. The average Bonchev–Trinajstić information content (AvgIpc) is 2.70. The van der Waals surface area contributed by atoms with Crippen LogP contribution in [0.2, 0.25) is 0 Å². The minimum Gasteiger partial charge on any atom is -0.496 e. The molecule has 0 unspecified atom stereocenters. The molecule has 4 heteroatoms. The lowest BCUT2D eigenvalue weighted by Crippen LogP contribution is -1.91. The largest absolute Gasteiger partial charge is 0.496 e. The van der Waals surface area contributed by atoms with Crippen molar-refractivity contribution in [1.82, 2.24) is 4.98 Å². The summed E-state index contributed by atoms with van der Waals surface area (Å²) in [6.07, 6.45) is 0. The van der Waals surface area contributed by atoms with Gasteiger partial charge >= 0.3 is 0 Å². The van der Waals surface area contributed by atoms with E-state index in [0.29, 0.717) is 6.01 Å². The van der Waals surface area contributed by atoms with Crippen LogP contribution in [0.1, 0.15) is 11.3 Å². The molecule has 0 spiro atoms. The summed E-state index contributed by atoms with van der Waals surface area (Å²) in [6.45, 7) is 3.93. The van der Waals surface area contributed by atoms with Crippen molar-refractivity contribution in [2.24, 2.45) is 0 Å². The van der Waals surface area contributed by atoms with Crippen molar-refractivity contribution in [2.45, 2.75) is 13.8 Å². The van der Waals surface area contributed by atoms with Crippen LogP contribution in [0, 0.1) is 13.8 Å². The lowest BCUT2D eigenvalue weighted by Gasteiger charge is -2.07. The van der Waals surface area contributed by atoms with Gasteiger partial charge in [-0.25, -0.2) is 0 Å². The topological polar surface area (TPSA) is 47.3 Å². The Morgan fingerprint density at radius 3 is 2.65 bits per heavy atom. The molecule has 17 heavy (non-hydrogen) atoms. The van der Waals surface area contributed by atoms with Gasteiger partial charge in [-0.3, -0.25) is 0 Å². The molecule has 1 aromatic heterocycles. The molecule has 0 aliphatic carbocycles. The first-order chi connectivity index (χ1) is 8.15. The highest BCUT2D eigenvalue weighted by Gasteiger charge is 2.15. The molecule has 0 saturated heterocycles. The van der Waals surface area contributed by atoms with E-state index in [-0.39, 0.29) is 0 Å². The summed E-state index contributed by atoms with van der Waals surface area (Å²) in [5, 5.41) is 2.89. The highest BCUT2D eigenvalue weighted by Crippen LogP contribution is 2.33. The predicted molar refractivity (Wildman–Crippen MR) is 67.5 cm³/mol. The summed E-state index contributed by atoms with van der Waals surface area (Å²) >= 11 is 0. The van der Waals surface area contributed by atoms with Gasteiger partial charge in [0, 0.05) is 12.6 Å². The van der Waals surface area contributed by atoms with Gasteiger partial charge in [0.2, 0.25) is 0 Å². The number of aromatic nitrogens is 1. The molecular formula is C13H16N2O2. The van der Waals surface area contributed by atoms with E-state index in [9.17, 15) is 0 Å². The normalized spacial score (nSPS) is 10.4. The van der Waals surface area contributed by atoms with Gasteiger partial charge in [0.25, 0.3) is 6.01 Å². The zero-order chi connectivity index (χ0) is 12.4. The van der Waals surface area contributed by atoms with E-state index in [0.717, 1.165) is 28.3 Å². The number of benzene rings is 1. The van der Waals surface area contributed by atoms with Gasteiger partial charge in [-0.2, -0.15) is 4.98 Å². The minimum atomic E-state index is 0.515. The number of rotatable bonds is 3. The van der Waals surface area contributed by atoms with Gasteiger partial charge in [-0.15, -0.1) is 0 Å². The van der Waals surface area contributed by atoms with Gasteiger partial charge in [0.15, 0.2) is 0 Å². The molecule has 4 nitrogen and oxygen atoms in total. The Morgan fingerprint density at radius 2 is 2.06 bits per heavy atom. The maximum Gasteiger partial charge on any atom is 0.295 e. The van der Waals surface area contributed by atoms with Crippen molar-refractivity contribution >= 4 is 6.01 Å². The van der Waals surface area contributed by atoms with Crippen molar-refractivity contribution in [2.75, 3.05) is 19.5 Å². The highest BCUT2D eigenvalue weighted by atomic mass is 16.5. The maximum atomic E-state index is 5.48. The second-order valence-electron chi connectivity index (χ2n) is 3.88. The second-order valence-corrected chi connectivity index (χ2v) is 3.88. The lowest BCUT2D eigenvalue weighted by atomic mass is 10.1. The summed E-state index contributed by atoms with van der Waals surface area (Å²) < 4.78 is 10.8. The molecule has 0 atom stereocenters. The van der Waals surface area contributed by atoms with E-state index >= 15 is 0 Å². The van der Waals surface area contributed by atoms with Crippen LogP contribution in [0.25, 0.3) is 11.3 Å². The highest BCUT2D eigenvalue weighted by molar-refractivity contribution is 5.70. The summed E-state index contributed by atoms with van der Waals surface area (Å²) in [4.78, 5) is 4.39. The third-order valence-corrected chi connectivity index (χ3v) is 2.62. The van der Waals surface area contributed by atoms with Crippen molar-refractivity contribution in [3.8, 4) is 17.0 Å². The standard InChI is InChI=1S/C13H16N2O2/c1-8-5-6-11(16-4)10(7-8)12-9(2)17-13(14-3)15-12/h5-7H,1-4H3,(H,14,15). The Labute approximate surface area is 101 Å². The van der Waals surface area contributed by atoms with Gasteiger partial charge < -0.3 is 14.5 Å². The molecule has 0 fully saturated rings. The van der Waals surface area contributed by atoms with Crippen molar-refractivity contribution in [3.05, 3.63) is 29.5 Å². The van der Waals surface area contributed by atoms with Crippen LogP contribution in [0.3, 0.4) is 0 Å². The quantitative estimate of drug-likeness (QED) is 0.883. The maximum absolute atomic E-state index is 5.48. The number of nitrogens with one attached hydrogen (secondary N) is 1. The molecule has 0 amide bonds. The molecule has 2 rings (SSSR count). The van der Waals surface area contributed by atoms with E-state index in [1.54, 1.807) is 14.2 Å². The first kappa shape index (κ1) is 11.5. The number of aryl methyl sites for hydroxylation is 2. The molecule has 0 radical (unpaired) electrons. The minimum absolute atomic E-state index is 0.515. The lowest BCUT2D eigenvalue weighted by molar-refractivity contribution is 0.416. The predicted octanol–water partition coefficient (Wildman–Crippen LogP) is 3.01. The van der Waals surface area contributed by atoms with Crippen LogP contribution in [0.15, 0.2) is 22.6 Å². The first-order valence-electron chi connectivity index (χ1n) is 5.46. The molecule has 0 aliphatic heterocycles. The van der Waals surface area contributed by atoms with Crippen LogP contribution in [0.4, 0.5) is 6.01 Å². The molecule has 1 N–H and O–H groups in total. The van der Waals surface area contributed by atoms with Crippen LogP contribution in [0.5, 0.6) is 5.75 Å². The van der Waals surface area contributed by atoms with Crippen LogP contribution in [-0.2, 0) is 0 Å². The Hall–Kier alpha value is -1.97. The molecule has 1 heterocycles. The Morgan fingerprint density at radius 1 is 1.29 bits per heavy atom. The molecule has 2 aromatic rings. The van der Waals surface area contributed by atoms with Crippen LogP contribution in [-0.4, -0.2) is 19.1 Å². The van der Waals surface area contributed by atoms with E-state index in [2.05, 4.69) is 10.3 Å². The molecule has 0 saturated carbocycles. The number of anilines is 1. The van der Waals surface area contributed by atoms with E-state index < -0.39 is 0 Å². The fraction of sp³-hybridized carbons (Fsp3) is 0.308. The summed E-state index contributed by atoms with van der Waals surface area (Å²) in [6, 6.07) is 6.51. The van der Waals surface area contributed by atoms with Gasteiger partial charge in [0.05, 0.1) is 7.11 Å².